The van der Waals surface area contributed by atoms with Gasteiger partial charge >= 0.3 is 6.09 Å². The number of ether oxygens (including phenoxy) is 1. The van der Waals surface area contributed by atoms with E-state index in [9.17, 15) is 9.59 Å². The zero-order valence-electron chi connectivity index (χ0n) is 23.9. The van der Waals surface area contributed by atoms with Crippen molar-refractivity contribution in [1.29, 1.82) is 0 Å². The van der Waals surface area contributed by atoms with Crippen LogP contribution < -0.4 is 4.90 Å². The Labute approximate surface area is 240 Å². The number of amides is 2. The van der Waals surface area contributed by atoms with E-state index in [1.165, 1.54) is 0 Å². The molecule has 2 bridgehead atoms. The summed E-state index contributed by atoms with van der Waals surface area (Å²) in [5.41, 5.74) is 1.02. The molecule has 3 aromatic rings. The van der Waals surface area contributed by atoms with Gasteiger partial charge in [-0.1, -0.05) is 23.7 Å². The van der Waals surface area contributed by atoms with Crippen LogP contribution in [-0.2, 0) is 9.53 Å². The molecule has 1 aromatic carbocycles. The molecular weight excluding hydrogens is 528 g/mol. The molecule has 40 heavy (non-hydrogen) atoms. The molecule has 2 saturated heterocycles. The van der Waals surface area contributed by atoms with Gasteiger partial charge in [0.15, 0.2) is 0 Å². The molecule has 2 aromatic heterocycles. The zero-order chi connectivity index (χ0) is 28.6. The van der Waals surface area contributed by atoms with Gasteiger partial charge in [-0.3, -0.25) is 4.79 Å². The van der Waals surface area contributed by atoms with Gasteiger partial charge in [0.05, 0.1) is 11.3 Å². The van der Waals surface area contributed by atoms with E-state index < -0.39 is 17.6 Å². The van der Waals surface area contributed by atoms with Crippen LogP contribution in [0.25, 0.3) is 11.0 Å². The second kappa shape index (κ2) is 11.3. The van der Waals surface area contributed by atoms with Gasteiger partial charge in [0.25, 0.3) is 0 Å². The van der Waals surface area contributed by atoms with Crippen molar-refractivity contribution in [2.24, 2.45) is 0 Å². The third kappa shape index (κ3) is 5.89. The fourth-order valence-corrected chi connectivity index (χ4v) is 6.09. The minimum atomic E-state index is -0.636. The van der Waals surface area contributed by atoms with Crippen LogP contribution >= 0.6 is 11.6 Å². The smallest absolute Gasteiger partial charge is 0.410 e. The predicted molar refractivity (Wildman–Crippen MR) is 157 cm³/mol. The van der Waals surface area contributed by atoms with Gasteiger partial charge in [0, 0.05) is 49.0 Å². The zero-order valence-corrected chi connectivity index (χ0v) is 24.7. The highest BCUT2D eigenvalue weighted by atomic mass is 35.5. The average molecular weight is 567 g/mol. The van der Waals surface area contributed by atoms with Crippen molar-refractivity contribution in [3.63, 3.8) is 0 Å². The normalized spacial score (nSPS) is 20.1. The number of nitrogens with one attached hydrogen (secondary N) is 1. The van der Waals surface area contributed by atoms with Crippen molar-refractivity contribution in [3.05, 3.63) is 53.4 Å². The SMILES string of the molecule is CC(C)N(C[C@@H](C(=O)N1C2CCCC1CN(c1ncnc3[nH]ccc13)C2)c1ccc(Cl)cc1)C(=O)OC(C)(C)C. The van der Waals surface area contributed by atoms with E-state index in [1.54, 1.807) is 23.4 Å². The molecule has 2 amide bonds. The minimum Gasteiger partial charge on any atom is -0.444 e. The number of hydrogen-bond donors (Lipinski definition) is 1. The van der Waals surface area contributed by atoms with Crippen LogP contribution in [0.15, 0.2) is 42.9 Å². The van der Waals surface area contributed by atoms with Crippen molar-refractivity contribution >= 4 is 40.5 Å². The van der Waals surface area contributed by atoms with E-state index in [0.29, 0.717) is 18.1 Å². The average Bonchev–Trinajstić information content (AvgIpc) is 3.37. The van der Waals surface area contributed by atoms with E-state index in [4.69, 9.17) is 16.3 Å². The van der Waals surface area contributed by atoms with Crippen molar-refractivity contribution in [2.75, 3.05) is 24.5 Å². The van der Waals surface area contributed by atoms with Crippen molar-refractivity contribution in [1.82, 2.24) is 24.8 Å². The monoisotopic (exact) mass is 566 g/mol. The summed E-state index contributed by atoms with van der Waals surface area (Å²) in [4.78, 5) is 46.0. The van der Waals surface area contributed by atoms with Crippen LogP contribution in [-0.4, -0.2) is 80.1 Å². The Morgan fingerprint density at radius 2 is 1.77 bits per heavy atom. The molecule has 0 radical (unpaired) electrons. The van der Waals surface area contributed by atoms with Crippen LogP contribution in [0.4, 0.5) is 10.6 Å². The van der Waals surface area contributed by atoms with Gasteiger partial charge in [-0.15, -0.1) is 0 Å². The molecule has 2 aliphatic heterocycles. The van der Waals surface area contributed by atoms with Gasteiger partial charge in [-0.05, 0) is 77.6 Å². The number of benzene rings is 1. The number of anilines is 1. The molecule has 0 spiro atoms. The summed E-state index contributed by atoms with van der Waals surface area (Å²) < 4.78 is 5.73. The van der Waals surface area contributed by atoms with Crippen LogP contribution in [0.1, 0.15) is 65.4 Å². The maximum absolute atomic E-state index is 14.5. The van der Waals surface area contributed by atoms with E-state index in [-0.39, 0.29) is 30.6 Å². The second-order valence-corrected chi connectivity index (χ2v) is 12.6. The van der Waals surface area contributed by atoms with Gasteiger partial charge in [-0.2, -0.15) is 0 Å². The summed E-state index contributed by atoms with van der Waals surface area (Å²) in [5, 5.41) is 1.60. The number of fused-ring (bicyclic) bond motifs is 3. The number of nitrogens with zero attached hydrogens (tertiary/aromatic N) is 5. The number of piperazine rings is 1. The molecule has 0 saturated carbocycles. The molecule has 2 aliphatic rings. The van der Waals surface area contributed by atoms with E-state index >= 15 is 0 Å². The van der Waals surface area contributed by atoms with Crippen molar-refractivity contribution in [2.45, 2.75) is 83.5 Å². The Hall–Kier alpha value is -3.33. The van der Waals surface area contributed by atoms with Crippen LogP contribution in [0, 0.1) is 0 Å². The summed E-state index contributed by atoms with van der Waals surface area (Å²) in [6.45, 7) is 11.1. The number of piperidine rings is 1. The highest BCUT2D eigenvalue weighted by Gasteiger charge is 2.44. The number of rotatable bonds is 6. The molecule has 2 unspecified atom stereocenters. The first-order valence-corrected chi connectivity index (χ1v) is 14.5. The van der Waals surface area contributed by atoms with E-state index in [0.717, 1.165) is 41.7 Å². The predicted octanol–water partition coefficient (Wildman–Crippen LogP) is 5.61. The Kier molecular flexibility index (Phi) is 7.95. The first-order valence-electron chi connectivity index (χ1n) is 14.1. The molecule has 5 rings (SSSR count). The summed E-state index contributed by atoms with van der Waals surface area (Å²) in [6, 6.07) is 9.37. The number of H-pyrrole nitrogens is 1. The lowest BCUT2D eigenvalue weighted by molar-refractivity contribution is -0.141. The molecule has 214 valence electrons. The highest BCUT2D eigenvalue weighted by Crippen LogP contribution is 2.36. The Morgan fingerprint density at radius 1 is 1.10 bits per heavy atom. The van der Waals surface area contributed by atoms with Gasteiger partial charge < -0.3 is 24.4 Å². The topological polar surface area (TPSA) is 94.7 Å². The maximum atomic E-state index is 14.5. The summed E-state index contributed by atoms with van der Waals surface area (Å²) in [6.07, 6.45) is 5.98. The molecular formula is C30H39ClN6O3. The van der Waals surface area contributed by atoms with Gasteiger partial charge in [0.1, 0.15) is 23.4 Å². The standard InChI is InChI=1S/C30H39ClN6O3/c1-19(2)36(29(39)40-30(3,4)5)17-25(20-9-11-21(31)12-10-20)28(38)37-22-7-6-8-23(37)16-35(15-22)27-24-13-14-32-26(24)33-18-34-27/h9-14,18-19,22-23,25H,6-8,15-17H2,1-5H3,(H,32,33,34)/t22?,23?,25-/m1/s1. The van der Waals surface area contributed by atoms with Crippen LogP contribution in [0.5, 0.6) is 0 Å². The van der Waals surface area contributed by atoms with Crippen molar-refractivity contribution < 1.29 is 14.3 Å². The Balaban J connectivity index is 1.44. The quantitative estimate of drug-likeness (QED) is 0.417. The lowest BCUT2D eigenvalue weighted by atomic mass is 9.87. The van der Waals surface area contributed by atoms with Gasteiger partial charge in [-0.25, -0.2) is 14.8 Å². The fraction of sp³-hybridized carbons (Fsp3) is 0.533. The largest absolute Gasteiger partial charge is 0.444 e. The molecule has 0 aliphatic carbocycles. The molecule has 2 fully saturated rings. The summed E-state index contributed by atoms with van der Waals surface area (Å²) in [5.74, 6) is 0.401. The minimum absolute atomic E-state index is 0.0420. The third-order valence-corrected chi connectivity index (χ3v) is 8.06. The first-order chi connectivity index (χ1) is 19.0. The van der Waals surface area contributed by atoms with Gasteiger partial charge in [0.2, 0.25) is 5.91 Å². The van der Waals surface area contributed by atoms with E-state index in [1.807, 2.05) is 59.0 Å². The summed E-state index contributed by atoms with van der Waals surface area (Å²) in [7, 11) is 0. The molecule has 3 atom stereocenters. The van der Waals surface area contributed by atoms with E-state index in [2.05, 4.69) is 24.8 Å². The highest BCUT2D eigenvalue weighted by molar-refractivity contribution is 6.30. The molecule has 4 heterocycles. The lowest BCUT2D eigenvalue weighted by Crippen LogP contribution is -2.64. The van der Waals surface area contributed by atoms with Crippen LogP contribution in [0.2, 0.25) is 5.02 Å². The van der Waals surface area contributed by atoms with Crippen LogP contribution in [0.3, 0.4) is 0 Å². The lowest BCUT2D eigenvalue weighted by Gasteiger charge is -2.51. The number of carbonyl (C=O) groups is 2. The number of hydrogen-bond acceptors (Lipinski definition) is 6. The third-order valence-electron chi connectivity index (χ3n) is 7.81. The molecule has 10 heteroatoms. The molecule has 1 N–H and O–H groups in total. The molecule has 9 nitrogen and oxygen atoms in total. The second-order valence-electron chi connectivity index (χ2n) is 12.2. The Morgan fingerprint density at radius 3 is 2.40 bits per heavy atom. The number of aromatic amines is 1. The number of aromatic nitrogens is 3. The summed E-state index contributed by atoms with van der Waals surface area (Å²) >= 11 is 6.21. The first kappa shape index (κ1) is 28.2. The fourth-order valence-electron chi connectivity index (χ4n) is 5.97. The maximum Gasteiger partial charge on any atom is 0.410 e. The Bertz CT molecular complexity index is 1340. The number of carbonyl (C=O) groups excluding carboxylic acids is 2. The number of halogens is 1. The van der Waals surface area contributed by atoms with Crippen molar-refractivity contribution in [3.8, 4) is 0 Å².